The average Bonchev–Trinajstić information content (AvgIpc) is 2.32. The highest BCUT2D eigenvalue weighted by atomic mass is 35.7. The van der Waals surface area contributed by atoms with Crippen molar-refractivity contribution in [1.82, 2.24) is 9.78 Å². The van der Waals surface area contributed by atoms with Gasteiger partial charge in [0.2, 0.25) is 0 Å². The summed E-state index contributed by atoms with van der Waals surface area (Å²) in [4.78, 5) is 0.0508. The Bertz CT molecular complexity index is 383. The maximum Gasteiger partial charge on any atom is 0.264 e. The van der Waals surface area contributed by atoms with E-state index in [0.29, 0.717) is 12.5 Å². The highest BCUT2D eigenvalue weighted by Crippen LogP contribution is 2.13. The molecule has 6 heteroatoms. The molecule has 0 unspecified atom stereocenters. The third-order valence-electron chi connectivity index (χ3n) is 1.44. The molecule has 0 saturated heterocycles. The van der Waals surface area contributed by atoms with Crippen molar-refractivity contribution in [3.05, 3.63) is 12.4 Å². The van der Waals surface area contributed by atoms with Crippen LogP contribution in [0.3, 0.4) is 0 Å². The summed E-state index contributed by atoms with van der Waals surface area (Å²) < 4.78 is 23.3. The monoisotopic (exact) mass is 222 g/mol. The quantitative estimate of drug-likeness (QED) is 0.728. The van der Waals surface area contributed by atoms with Crippen molar-refractivity contribution in [2.24, 2.45) is 5.92 Å². The Hall–Kier alpha value is -0.550. The second-order valence-corrected chi connectivity index (χ2v) is 5.80. The summed E-state index contributed by atoms with van der Waals surface area (Å²) in [5.41, 5.74) is 0. The molecule has 1 aromatic heterocycles. The van der Waals surface area contributed by atoms with Crippen LogP contribution < -0.4 is 0 Å². The van der Waals surface area contributed by atoms with E-state index in [2.05, 4.69) is 5.10 Å². The van der Waals surface area contributed by atoms with Crippen LogP contribution in [0, 0.1) is 5.92 Å². The lowest BCUT2D eigenvalue weighted by Crippen LogP contribution is -2.04. The van der Waals surface area contributed by atoms with Gasteiger partial charge in [0.05, 0.1) is 6.20 Å². The Kier molecular flexibility index (Phi) is 2.98. The van der Waals surface area contributed by atoms with E-state index in [1.807, 2.05) is 13.8 Å². The van der Waals surface area contributed by atoms with Crippen molar-refractivity contribution in [2.75, 3.05) is 0 Å². The Morgan fingerprint density at radius 1 is 1.62 bits per heavy atom. The van der Waals surface area contributed by atoms with Gasteiger partial charge in [0, 0.05) is 23.4 Å². The summed E-state index contributed by atoms with van der Waals surface area (Å²) in [6.45, 7) is 4.74. The first kappa shape index (κ1) is 10.5. The first-order valence-electron chi connectivity index (χ1n) is 3.86. The van der Waals surface area contributed by atoms with Crippen molar-refractivity contribution >= 4 is 19.7 Å². The Labute approximate surface area is 81.9 Å². The van der Waals surface area contributed by atoms with Gasteiger partial charge in [-0.25, -0.2) is 8.42 Å². The van der Waals surface area contributed by atoms with Gasteiger partial charge in [-0.1, -0.05) is 13.8 Å². The first-order valence-corrected chi connectivity index (χ1v) is 6.17. The standard InChI is InChI=1S/C7H11ClN2O2S/c1-6(2)4-10-5-7(3-9-10)13(8,11)12/h3,5-6H,4H2,1-2H3. The SMILES string of the molecule is CC(C)Cn1cc(S(=O)(=O)Cl)cn1. The van der Waals surface area contributed by atoms with Gasteiger partial charge >= 0.3 is 0 Å². The summed E-state index contributed by atoms with van der Waals surface area (Å²) in [7, 11) is 1.50. The van der Waals surface area contributed by atoms with Crippen molar-refractivity contribution in [3.63, 3.8) is 0 Å². The molecule has 0 radical (unpaired) electrons. The summed E-state index contributed by atoms with van der Waals surface area (Å²) >= 11 is 0. The minimum Gasteiger partial charge on any atom is -0.271 e. The molecule has 0 N–H and O–H groups in total. The molecule has 13 heavy (non-hydrogen) atoms. The minimum absolute atomic E-state index is 0.0508. The van der Waals surface area contributed by atoms with Crippen LogP contribution in [0.4, 0.5) is 0 Å². The third kappa shape index (κ3) is 3.00. The predicted molar refractivity (Wildman–Crippen MR) is 50.1 cm³/mol. The van der Waals surface area contributed by atoms with E-state index in [-0.39, 0.29) is 4.90 Å². The van der Waals surface area contributed by atoms with E-state index in [1.54, 1.807) is 4.68 Å². The molecule has 0 bridgehead atoms. The molecular weight excluding hydrogens is 212 g/mol. The summed E-state index contributed by atoms with van der Waals surface area (Å²) in [5.74, 6) is 0.422. The lowest BCUT2D eigenvalue weighted by molar-refractivity contribution is 0.482. The molecular formula is C7H11ClN2O2S. The summed E-state index contributed by atoms with van der Waals surface area (Å²) in [6, 6.07) is 0. The van der Waals surface area contributed by atoms with Crippen molar-refractivity contribution in [2.45, 2.75) is 25.3 Å². The molecule has 0 aliphatic carbocycles. The second kappa shape index (κ2) is 3.67. The van der Waals surface area contributed by atoms with Gasteiger partial charge in [0.1, 0.15) is 4.90 Å². The summed E-state index contributed by atoms with van der Waals surface area (Å²) in [5, 5.41) is 3.88. The Morgan fingerprint density at radius 2 is 2.23 bits per heavy atom. The van der Waals surface area contributed by atoms with Crippen LogP contribution in [0.5, 0.6) is 0 Å². The van der Waals surface area contributed by atoms with E-state index < -0.39 is 9.05 Å². The second-order valence-electron chi connectivity index (χ2n) is 3.23. The molecule has 0 amide bonds. The fourth-order valence-electron chi connectivity index (χ4n) is 0.944. The number of halogens is 1. The van der Waals surface area contributed by atoms with Crippen LogP contribution in [-0.4, -0.2) is 18.2 Å². The van der Waals surface area contributed by atoms with Gasteiger partial charge in [-0.15, -0.1) is 0 Å². The van der Waals surface area contributed by atoms with Crippen molar-refractivity contribution in [3.8, 4) is 0 Å². The average molecular weight is 223 g/mol. The van der Waals surface area contributed by atoms with Gasteiger partial charge in [0.15, 0.2) is 0 Å². The maximum atomic E-state index is 10.8. The van der Waals surface area contributed by atoms with Crippen LogP contribution in [0.15, 0.2) is 17.3 Å². The maximum absolute atomic E-state index is 10.8. The molecule has 4 nitrogen and oxygen atoms in total. The van der Waals surface area contributed by atoms with Gasteiger partial charge in [-0.2, -0.15) is 5.10 Å². The number of hydrogen-bond donors (Lipinski definition) is 0. The highest BCUT2D eigenvalue weighted by molar-refractivity contribution is 8.13. The zero-order chi connectivity index (χ0) is 10.1. The molecule has 1 aromatic rings. The smallest absolute Gasteiger partial charge is 0.264 e. The Morgan fingerprint density at radius 3 is 2.62 bits per heavy atom. The molecule has 0 aliphatic heterocycles. The van der Waals surface area contributed by atoms with Crippen LogP contribution in [0.1, 0.15) is 13.8 Å². The van der Waals surface area contributed by atoms with Crippen molar-refractivity contribution in [1.29, 1.82) is 0 Å². The van der Waals surface area contributed by atoms with E-state index in [9.17, 15) is 8.42 Å². The molecule has 0 aromatic carbocycles. The lowest BCUT2D eigenvalue weighted by Gasteiger charge is -2.02. The summed E-state index contributed by atoms with van der Waals surface area (Å²) in [6.07, 6.45) is 2.69. The van der Waals surface area contributed by atoms with E-state index in [1.165, 1.54) is 12.4 Å². The van der Waals surface area contributed by atoms with E-state index >= 15 is 0 Å². The highest BCUT2D eigenvalue weighted by Gasteiger charge is 2.12. The number of aromatic nitrogens is 2. The Balaban J connectivity index is 2.88. The van der Waals surface area contributed by atoms with E-state index in [0.717, 1.165) is 0 Å². The van der Waals surface area contributed by atoms with E-state index in [4.69, 9.17) is 10.7 Å². The molecule has 0 aliphatic rings. The van der Waals surface area contributed by atoms with Crippen LogP contribution >= 0.6 is 10.7 Å². The topological polar surface area (TPSA) is 52.0 Å². The zero-order valence-corrected chi connectivity index (χ0v) is 9.01. The minimum atomic E-state index is -3.63. The van der Waals surface area contributed by atoms with Gasteiger partial charge in [-0.3, -0.25) is 4.68 Å². The number of nitrogens with zero attached hydrogens (tertiary/aromatic N) is 2. The zero-order valence-electron chi connectivity index (χ0n) is 7.44. The molecule has 0 saturated carbocycles. The van der Waals surface area contributed by atoms with Gasteiger partial charge in [0.25, 0.3) is 9.05 Å². The van der Waals surface area contributed by atoms with Crippen LogP contribution in [0.25, 0.3) is 0 Å². The van der Waals surface area contributed by atoms with Crippen molar-refractivity contribution < 1.29 is 8.42 Å². The molecule has 1 rings (SSSR count). The van der Waals surface area contributed by atoms with Crippen LogP contribution in [0.2, 0.25) is 0 Å². The fourth-order valence-corrected chi connectivity index (χ4v) is 1.60. The number of rotatable bonds is 3. The first-order chi connectivity index (χ1) is 5.89. The largest absolute Gasteiger partial charge is 0.271 e. The fraction of sp³-hybridized carbons (Fsp3) is 0.571. The van der Waals surface area contributed by atoms with Gasteiger partial charge in [-0.05, 0) is 5.92 Å². The molecule has 74 valence electrons. The molecule has 0 fully saturated rings. The lowest BCUT2D eigenvalue weighted by atomic mass is 10.2. The normalized spacial score (nSPS) is 12.3. The molecule has 1 heterocycles. The number of hydrogen-bond acceptors (Lipinski definition) is 3. The third-order valence-corrected chi connectivity index (χ3v) is 2.75. The predicted octanol–water partition coefficient (Wildman–Crippen LogP) is 1.47. The molecule has 0 spiro atoms. The van der Waals surface area contributed by atoms with Crippen LogP contribution in [-0.2, 0) is 15.6 Å². The molecule has 0 atom stereocenters. The van der Waals surface area contributed by atoms with Gasteiger partial charge < -0.3 is 0 Å².